The van der Waals surface area contributed by atoms with E-state index < -0.39 is 10.0 Å². The first kappa shape index (κ1) is 14.2. The van der Waals surface area contributed by atoms with Gasteiger partial charge in [0, 0.05) is 20.3 Å². The van der Waals surface area contributed by atoms with Crippen molar-refractivity contribution >= 4 is 10.0 Å². The second-order valence-corrected chi connectivity index (χ2v) is 5.68. The van der Waals surface area contributed by atoms with Gasteiger partial charge in [-0.25, -0.2) is 13.1 Å². The molecule has 1 rings (SSSR count). The number of nitrogens with one attached hydrogen (secondary N) is 1. The van der Waals surface area contributed by atoms with Crippen LogP contribution in [0, 0.1) is 6.92 Å². The lowest BCUT2D eigenvalue weighted by atomic mass is 10.2. The Morgan fingerprint density at radius 1 is 1.29 bits per heavy atom. The fourth-order valence-corrected chi connectivity index (χ4v) is 2.62. The predicted molar refractivity (Wildman–Crippen MR) is 67.5 cm³/mol. The highest BCUT2D eigenvalue weighted by molar-refractivity contribution is 7.89. The number of methoxy groups -OCH3 is 1. The molecule has 0 aliphatic carbocycles. The van der Waals surface area contributed by atoms with E-state index in [2.05, 4.69) is 4.72 Å². The van der Waals surface area contributed by atoms with E-state index in [-0.39, 0.29) is 0 Å². The smallest absolute Gasteiger partial charge is 0.240 e. The van der Waals surface area contributed by atoms with Gasteiger partial charge in [-0.1, -0.05) is 12.1 Å². The maximum absolute atomic E-state index is 11.9. The van der Waals surface area contributed by atoms with Crippen molar-refractivity contribution in [3.05, 3.63) is 29.8 Å². The van der Waals surface area contributed by atoms with E-state index >= 15 is 0 Å². The van der Waals surface area contributed by atoms with E-state index in [1.165, 1.54) is 0 Å². The van der Waals surface area contributed by atoms with Crippen LogP contribution in [0.3, 0.4) is 0 Å². The highest BCUT2D eigenvalue weighted by Crippen LogP contribution is 2.10. The quantitative estimate of drug-likeness (QED) is 0.756. The Morgan fingerprint density at radius 2 is 2.06 bits per heavy atom. The molecule has 4 nitrogen and oxygen atoms in total. The second kappa shape index (κ2) is 6.74. The van der Waals surface area contributed by atoms with Crippen LogP contribution in [0.1, 0.15) is 18.4 Å². The highest BCUT2D eigenvalue weighted by atomic mass is 32.2. The summed E-state index contributed by atoms with van der Waals surface area (Å²) in [5, 5.41) is 0. The average molecular weight is 257 g/mol. The number of sulfonamides is 1. The monoisotopic (exact) mass is 257 g/mol. The van der Waals surface area contributed by atoms with E-state index in [9.17, 15) is 8.42 Å². The predicted octanol–water partition coefficient (Wildman–Crippen LogP) is 1.70. The molecule has 0 aliphatic rings. The lowest BCUT2D eigenvalue weighted by Crippen LogP contribution is -2.25. The molecule has 0 amide bonds. The minimum atomic E-state index is -3.36. The molecule has 0 bridgehead atoms. The molecule has 0 aromatic heterocycles. The molecule has 0 saturated heterocycles. The molecular weight excluding hydrogens is 238 g/mol. The second-order valence-electron chi connectivity index (χ2n) is 3.91. The molecule has 1 aromatic carbocycles. The minimum absolute atomic E-state index is 0.323. The van der Waals surface area contributed by atoms with Crippen LogP contribution < -0.4 is 4.72 Å². The summed E-state index contributed by atoms with van der Waals surface area (Å²) in [4.78, 5) is 0.323. The number of benzene rings is 1. The van der Waals surface area contributed by atoms with Gasteiger partial charge in [-0.05, 0) is 37.5 Å². The normalized spacial score (nSPS) is 11.6. The number of rotatable bonds is 7. The minimum Gasteiger partial charge on any atom is -0.385 e. The first-order valence-electron chi connectivity index (χ1n) is 5.61. The summed E-state index contributed by atoms with van der Waals surface area (Å²) in [6.45, 7) is 2.98. The fourth-order valence-electron chi connectivity index (χ4n) is 1.44. The summed E-state index contributed by atoms with van der Waals surface area (Å²) in [7, 11) is -1.72. The van der Waals surface area contributed by atoms with E-state index in [1.54, 1.807) is 25.3 Å². The third-order valence-electron chi connectivity index (χ3n) is 2.37. The first-order valence-corrected chi connectivity index (χ1v) is 7.10. The van der Waals surface area contributed by atoms with Gasteiger partial charge < -0.3 is 4.74 Å². The van der Waals surface area contributed by atoms with Crippen molar-refractivity contribution in [3.8, 4) is 0 Å². The van der Waals surface area contributed by atoms with Crippen LogP contribution >= 0.6 is 0 Å². The van der Waals surface area contributed by atoms with Gasteiger partial charge in [0.2, 0.25) is 10.0 Å². The van der Waals surface area contributed by atoms with Crippen LogP contribution in [0.25, 0.3) is 0 Å². The van der Waals surface area contributed by atoms with Crippen molar-refractivity contribution in [2.45, 2.75) is 24.7 Å². The third-order valence-corrected chi connectivity index (χ3v) is 3.83. The summed E-state index contributed by atoms with van der Waals surface area (Å²) >= 11 is 0. The Hall–Kier alpha value is -0.910. The summed E-state index contributed by atoms with van der Waals surface area (Å²) < 4.78 is 31.2. The van der Waals surface area contributed by atoms with Crippen LogP contribution in [0.4, 0.5) is 0 Å². The summed E-state index contributed by atoms with van der Waals surface area (Å²) in [5.41, 5.74) is 0.937. The molecule has 0 saturated carbocycles. The van der Waals surface area contributed by atoms with E-state index in [1.807, 2.05) is 13.0 Å². The third kappa shape index (κ3) is 4.85. The molecule has 0 radical (unpaired) electrons. The average Bonchev–Trinajstić information content (AvgIpc) is 2.29. The Balaban J connectivity index is 2.51. The van der Waals surface area contributed by atoms with Crippen molar-refractivity contribution in [1.82, 2.24) is 4.72 Å². The molecule has 0 atom stereocenters. The maximum Gasteiger partial charge on any atom is 0.240 e. The molecule has 1 aromatic rings. The van der Waals surface area contributed by atoms with Gasteiger partial charge in [-0.15, -0.1) is 0 Å². The van der Waals surface area contributed by atoms with E-state index in [0.717, 1.165) is 18.4 Å². The first-order chi connectivity index (χ1) is 8.06. The molecule has 0 heterocycles. The highest BCUT2D eigenvalue weighted by Gasteiger charge is 2.12. The van der Waals surface area contributed by atoms with Crippen LogP contribution in [-0.2, 0) is 14.8 Å². The molecule has 96 valence electrons. The number of aryl methyl sites for hydroxylation is 1. The van der Waals surface area contributed by atoms with Gasteiger partial charge >= 0.3 is 0 Å². The number of hydrogen-bond acceptors (Lipinski definition) is 3. The zero-order valence-electron chi connectivity index (χ0n) is 10.3. The van der Waals surface area contributed by atoms with Crippen LogP contribution in [-0.4, -0.2) is 28.7 Å². The van der Waals surface area contributed by atoms with Crippen LogP contribution in [0.15, 0.2) is 29.2 Å². The Labute approximate surface area is 103 Å². The molecule has 1 N–H and O–H groups in total. The van der Waals surface area contributed by atoms with Crippen molar-refractivity contribution in [3.63, 3.8) is 0 Å². The van der Waals surface area contributed by atoms with E-state index in [4.69, 9.17) is 4.74 Å². The van der Waals surface area contributed by atoms with Gasteiger partial charge in [0.05, 0.1) is 4.90 Å². The Kier molecular flexibility index (Phi) is 5.61. The molecule has 0 fully saturated rings. The summed E-state index contributed by atoms with van der Waals surface area (Å²) in [5.74, 6) is 0. The Morgan fingerprint density at radius 3 is 2.71 bits per heavy atom. The molecule has 17 heavy (non-hydrogen) atoms. The molecule has 0 spiro atoms. The van der Waals surface area contributed by atoms with Crippen LogP contribution in [0.2, 0.25) is 0 Å². The molecular formula is C12H19NO3S. The SMILES string of the molecule is COCCCCNS(=O)(=O)c1cccc(C)c1. The number of hydrogen-bond donors (Lipinski definition) is 1. The van der Waals surface area contributed by atoms with Gasteiger partial charge in [0.25, 0.3) is 0 Å². The lowest BCUT2D eigenvalue weighted by Gasteiger charge is -2.07. The topological polar surface area (TPSA) is 55.4 Å². The largest absolute Gasteiger partial charge is 0.385 e. The zero-order valence-corrected chi connectivity index (χ0v) is 11.1. The summed E-state index contributed by atoms with van der Waals surface area (Å²) in [6.07, 6.45) is 1.63. The lowest BCUT2D eigenvalue weighted by molar-refractivity contribution is 0.193. The van der Waals surface area contributed by atoms with Gasteiger partial charge in [-0.3, -0.25) is 0 Å². The number of unbranched alkanes of at least 4 members (excludes halogenated alkanes) is 1. The standard InChI is InChI=1S/C12H19NO3S/c1-11-6-5-7-12(10-11)17(14,15)13-8-3-4-9-16-2/h5-7,10,13H,3-4,8-9H2,1-2H3. The Bertz CT molecular complexity index is 443. The fraction of sp³-hybridized carbons (Fsp3) is 0.500. The van der Waals surface area contributed by atoms with Crippen molar-refractivity contribution < 1.29 is 13.2 Å². The van der Waals surface area contributed by atoms with Crippen molar-refractivity contribution in [1.29, 1.82) is 0 Å². The van der Waals surface area contributed by atoms with E-state index in [0.29, 0.717) is 18.0 Å². The molecule has 5 heteroatoms. The summed E-state index contributed by atoms with van der Waals surface area (Å²) in [6, 6.07) is 6.88. The maximum atomic E-state index is 11.9. The molecule has 0 aliphatic heterocycles. The van der Waals surface area contributed by atoms with Crippen molar-refractivity contribution in [2.75, 3.05) is 20.3 Å². The van der Waals surface area contributed by atoms with Crippen molar-refractivity contribution in [2.24, 2.45) is 0 Å². The number of ether oxygens (including phenoxy) is 1. The molecule has 0 unspecified atom stereocenters. The van der Waals surface area contributed by atoms with Gasteiger partial charge in [0.15, 0.2) is 0 Å². The zero-order chi connectivity index (χ0) is 12.7. The van der Waals surface area contributed by atoms with Gasteiger partial charge in [0.1, 0.15) is 0 Å². The van der Waals surface area contributed by atoms with Gasteiger partial charge in [-0.2, -0.15) is 0 Å². The van der Waals surface area contributed by atoms with Crippen LogP contribution in [0.5, 0.6) is 0 Å².